The minimum atomic E-state index is -1.29. The maximum Gasteiger partial charge on any atom is 0.408 e. The van der Waals surface area contributed by atoms with E-state index in [9.17, 15) is 19.5 Å². The predicted octanol–water partition coefficient (Wildman–Crippen LogP) is 4.70. The van der Waals surface area contributed by atoms with E-state index in [-0.39, 0.29) is 18.4 Å². The number of amides is 2. The fourth-order valence-corrected chi connectivity index (χ4v) is 4.58. The van der Waals surface area contributed by atoms with Crippen molar-refractivity contribution in [1.29, 1.82) is 0 Å². The molecule has 2 aromatic carbocycles. The lowest BCUT2D eigenvalue weighted by molar-refractivity contribution is -0.144. The molecule has 7 nitrogen and oxygen atoms in total. The molecule has 0 saturated carbocycles. The van der Waals surface area contributed by atoms with Gasteiger partial charge in [-0.05, 0) is 41.5 Å². The Morgan fingerprint density at radius 3 is 2.09 bits per heavy atom. The molecule has 0 aromatic heterocycles. The molecule has 0 aliphatic heterocycles. The molecule has 7 heteroatoms. The first-order chi connectivity index (χ1) is 16.2. The summed E-state index contributed by atoms with van der Waals surface area (Å²) in [5.41, 5.74) is 3.17. The van der Waals surface area contributed by atoms with Crippen LogP contribution in [0, 0.1) is 5.92 Å². The number of rotatable bonds is 10. The summed E-state index contributed by atoms with van der Waals surface area (Å²) in [5.74, 6) is -1.97. The van der Waals surface area contributed by atoms with Crippen LogP contribution in [0.4, 0.5) is 4.79 Å². The monoisotopic (exact) mass is 466 g/mol. The highest BCUT2D eigenvalue weighted by atomic mass is 16.5. The van der Waals surface area contributed by atoms with E-state index in [1.165, 1.54) is 0 Å². The van der Waals surface area contributed by atoms with Gasteiger partial charge in [-0.1, -0.05) is 82.1 Å². The van der Waals surface area contributed by atoms with Crippen molar-refractivity contribution in [3.8, 4) is 11.1 Å². The Morgan fingerprint density at radius 1 is 1.03 bits per heavy atom. The number of hydrogen-bond donors (Lipinski definition) is 3. The molecule has 0 heterocycles. The third-order valence-electron chi connectivity index (χ3n) is 6.74. The number of benzene rings is 2. The molecule has 0 bridgehead atoms. The molecule has 0 fully saturated rings. The summed E-state index contributed by atoms with van der Waals surface area (Å²) in [4.78, 5) is 37.5. The zero-order valence-electron chi connectivity index (χ0n) is 20.3. The second-order valence-electron chi connectivity index (χ2n) is 9.21. The summed E-state index contributed by atoms with van der Waals surface area (Å²) < 4.78 is 5.61. The summed E-state index contributed by atoms with van der Waals surface area (Å²) in [6.07, 6.45) is 0.856. The number of alkyl carbamates (subject to hydrolysis) is 1. The smallest absolute Gasteiger partial charge is 0.408 e. The van der Waals surface area contributed by atoms with Gasteiger partial charge in [0.05, 0.1) is 0 Å². The average molecular weight is 467 g/mol. The van der Waals surface area contributed by atoms with Crippen LogP contribution < -0.4 is 10.6 Å². The zero-order valence-corrected chi connectivity index (χ0v) is 20.3. The minimum Gasteiger partial charge on any atom is -0.480 e. The van der Waals surface area contributed by atoms with Crippen molar-refractivity contribution in [3.05, 3.63) is 59.7 Å². The highest BCUT2D eigenvalue weighted by molar-refractivity contribution is 5.92. The number of hydrogen-bond acceptors (Lipinski definition) is 4. The van der Waals surface area contributed by atoms with Crippen molar-refractivity contribution < 1.29 is 24.2 Å². The van der Waals surface area contributed by atoms with Crippen LogP contribution >= 0.6 is 0 Å². The van der Waals surface area contributed by atoms with Gasteiger partial charge in [-0.25, -0.2) is 9.59 Å². The van der Waals surface area contributed by atoms with Crippen molar-refractivity contribution in [3.63, 3.8) is 0 Å². The highest BCUT2D eigenvalue weighted by Gasteiger charge is 2.38. The van der Waals surface area contributed by atoms with Crippen LogP contribution in [0.1, 0.15) is 64.0 Å². The van der Waals surface area contributed by atoms with Gasteiger partial charge in [0, 0.05) is 5.92 Å². The van der Waals surface area contributed by atoms with E-state index in [1.54, 1.807) is 13.8 Å². The second-order valence-corrected chi connectivity index (χ2v) is 9.21. The molecule has 1 unspecified atom stereocenters. The van der Waals surface area contributed by atoms with Gasteiger partial charge in [-0.3, -0.25) is 4.79 Å². The average Bonchev–Trinajstić information content (AvgIpc) is 3.14. The third kappa shape index (κ3) is 5.24. The summed E-state index contributed by atoms with van der Waals surface area (Å²) in [6.45, 7) is 7.27. The molecule has 1 aliphatic carbocycles. The van der Waals surface area contributed by atoms with Gasteiger partial charge >= 0.3 is 12.1 Å². The number of carboxylic acids is 1. The van der Waals surface area contributed by atoms with E-state index in [2.05, 4.69) is 22.8 Å². The van der Waals surface area contributed by atoms with Crippen LogP contribution in [0.2, 0.25) is 0 Å². The number of carboxylic acid groups (broad SMARTS) is 1. The number of carbonyl (C=O) groups is 3. The molecule has 0 saturated heterocycles. The molecular weight excluding hydrogens is 432 g/mol. The Morgan fingerprint density at radius 2 is 1.59 bits per heavy atom. The van der Waals surface area contributed by atoms with Crippen LogP contribution in [0.25, 0.3) is 11.1 Å². The standard InChI is InChI=1S/C27H34N2O5/c1-5-15-27(4,25(32)28-23(24(30)31)17(3)6-2)29-26(33)34-16-22-20-13-9-7-11-18(20)19-12-8-10-14-21(19)22/h7-14,17,22-23H,5-6,15-16H2,1-4H3,(H,28,32)(H,29,33)(H,30,31)/t17-,23-,27?/m0/s1. The van der Waals surface area contributed by atoms with E-state index >= 15 is 0 Å². The van der Waals surface area contributed by atoms with Crippen LogP contribution in [-0.4, -0.2) is 41.3 Å². The summed E-state index contributed by atoms with van der Waals surface area (Å²) in [5, 5.41) is 14.9. The summed E-state index contributed by atoms with van der Waals surface area (Å²) in [6, 6.07) is 15.1. The lowest BCUT2D eigenvalue weighted by Gasteiger charge is -2.31. The van der Waals surface area contributed by atoms with Gasteiger partial charge in [0.15, 0.2) is 0 Å². The maximum absolute atomic E-state index is 13.1. The van der Waals surface area contributed by atoms with Gasteiger partial charge in [0.25, 0.3) is 0 Å². The van der Waals surface area contributed by atoms with E-state index in [0.717, 1.165) is 22.3 Å². The molecule has 34 heavy (non-hydrogen) atoms. The molecule has 1 aliphatic rings. The number of carbonyl (C=O) groups excluding carboxylic acids is 2. The molecule has 2 aromatic rings. The zero-order chi connectivity index (χ0) is 24.9. The summed E-state index contributed by atoms with van der Waals surface area (Å²) in [7, 11) is 0. The molecule has 3 atom stereocenters. The molecule has 182 valence electrons. The lowest BCUT2D eigenvalue weighted by Crippen LogP contribution is -2.60. The van der Waals surface area contributed by atoms with Gasteiger partial charge in [0.2, 0.25) is 5.91 Å². The highest BCUT2D eigenvalue weighted by Crippen LogP contribution is 2.44. The number of ether oxygens (including phenoxy) is 1. The fourth-order valence-electron chi connectivity index (χ4n) is 4.58. The van der Waals surface area contributed by atoms with Crippen molar-refractivity contribution >= 4 is 18.0 Å². The quantitative estimate of drug-likeness (QED) is 0.471. The fraction of sp³-hybridized carbons (Fsp3) is 0.444. The Bertz CT molecular complexity index is 1010. The van der Waals surface area contributed by atoms with E-state index in [0.29, 0.717) is 19.3 Å². The Hall–Kier alpha value is -3.35. The largest absolute Gasteiger partial charge is 0.480 e. The Kier molecular flexibility index (Phi) is 7.97. The van der Waals surface area contributed by atoms with Gasteiger partial charge < -0.3 is 20.5 Å². The Balaban J connectivity index is 1.70. The summed E-state index contributed by atoms with van der Waals surface area (Å²) >= 11 is 0. The number of aliphatic carboxylic acids is 1. The topological polar surface area (TPSA) is 105 Å². The van der Waals surface area contributed by atoms with Crippen LogP contribution in [0.3, 0.4) is 0 Å². The molecule has 0 radical (unpaired) electrons. The first-order valence-corrected chi connectivity index (χ1v) is 11.9. The SMILES string of the molecule is CCCC(C)(NC(=O)OCC1c2ccccc2-c2ccccc21)C(=O)N[C@H](C(=O)O)[C@@H](C)CC. The predicted molar refractivity (Wildman–Crippen MR) is 131 cm³/mol. The maximum atomic E-state index is 13.1. The normalized spacial score (nSPS) is 15.9. The van der Waals surface area contributed by atoms with E-state index in [4.69, 9.17) is 4.74 Å². The van der Waals surface area contributed by atoms with Crippen molar-refractivity contribution in [2.75, 3.05) is 6.61 Å². The van der Waals surface area contributed by atoms with Crippen molar-refractivity contribution in [1.82, 2.24) is 10.6 Å². The molecule has 3 rings (SSSR count). The molecule has 2 amide bonds. The third-order valence-corrected chi connectivity index (χ3v) is 6.74. The molecular formula is C27H34N2O5. The number of nitrogens with one attached hydrogen (secondary N) is 2. The molecule has 3 N–H and O–H groups in total. The Labute approximate surface area is 200 Å². The minimum absolute atomic E-state index is 0.0915. The first-order valence-electron chi connectivity index (χ1n) is 11.9. The first kappa shape index (κ1) is 25.3. The van der Waals surface area contributed by atoms with Crippen LogP contribution in [-0.2, 0) is 14.3 Å². The second kappa shape index (κ2) is 10.7. The number of fused-ring (bicyclic) bond motifs is 3. The lowest BCUT2D eigenvalue weighted by atomic mass is 9.92. The van der Waals surface area contributed by atoms with Gasteiger partial charge in [0.1, 0.15) is 18.2 Å². The van der Waals surface area contributed by atoms with Gasteiger partial charge in [-0.2, -0.15) is 0 Å². The molecule has 0 spiro atoms. The van der Waals surface area contributed by atoms with Crippen LogP contribution in [0.15, 0.2) is 48.5 Å². The van der Waals surface area contributed by atoms with E-state index in [1.807, 2.05) is 50.2 Å². The van der Waals surface area contributed by atoms with Gasteiger partial charge in [-0.15, -0.1) is 0 Å². The van der Waals surface area contributed by atoms with Crippen molar-refractivity contribution in [2.45, 2.75) is 64.5 Å². The van der Waals surface area contributed by atoms with Crippen LogP contribution in [0.5, 0.6) is 0 Å². The van der Waals surface area contributed by atoms with E-state index < -0.39 is 29.6 Å². The van der Waals surface area contributed by atoms with Crippen molar-refractivity contribution in [2.24, 2.45) is 5.92 Å².